The van der Waals surface area contributed by atoms with E-state index in [1.54, 1.807) is 0 Å². The zero-order valence-corrected chi connectivity index (χ0v) is 19.4. The molecule has 0 amide bonds. The Kier molecular flexibility index (Phi) is 10.5. The fourth-order valence-corrected chi connectivity index (χ4v) is 4.98. The van der Waals surface area contributed by atoms with Gasteiger partial charge in [-0.1, -0.05) is 61.0 Å². The third-order valence-electron chi connectivity index (χ3n) is 5.31. The van der Waals surface area contributed by atoms with Crippen LogP contribution >= 0.6 is 0 Å². The molecule has 0 aliphatic carbocycles. The Morgan fingerprint density at radius 1 is 0.679 bits per heavy atom. The topological polar surface area (TPSA) is 121 Å². The summed E-state index contributed by atoms with van der Waals surface area (Å²) >= 11 is 0. The molecule has 2 unspecified atom stereocenters. The van der Waals surface area contributed by atoms with Crippen molar-refractivity contribution in [1.29, 1.82) is 0 Å². The van der Waals surface area contributed by atoms with Gasteiger partial charge < -0.3 is 0 Å². The molecule has 0 rings (SSSR count). The lowest BCUT2D eigenvalue weighted by Crippen LogP contribution is -2.46. The minimum atomic E-state index is -4.71. The van der Waals surface area contributed by atoms with Crippen LogP contribution in [-0.4, -0.2) is 37.9 Å². The molecule has 28 heavy (non-hydrogen) atoms. The predicted molar refractivity (Wildman–Crippen MR) is 106 cm³/mol. The van der Waals surface area contributed by atoms with Crippen molar-refractivity contribution >= 4 is 31.8 Å². The first-order chi connectivity index (χ1) is 12.7. The third kappa shape index (κ3) is 6.33. The van der Waals surface area contributed by atoms with E-state index < -0.39 is 41.3 Å². The molecule has 0 N–H and O–H groups in total. The molecule has 0 bridgehead atoms. The van der Waals surface area contributed by atoms with Crippen LogP contribution in [0.25, 0.3) is 0 Å². The first-order valence-corrected chi connectivity index (χ1v) is 12.4. The van der Waals surface area contributed by atoms with E-state index in [0.717, 1.165) is 26.7 Å². The SMILES string of the molecule is CCCCCC(C)(C(C)=O)S(=O)(=O)OOS(=O)(=O)C(C)(CCCCC)C(C)=O. The second kappa shape index (κ2) is 10.8. The van der Waals surface area contributed by atoms with Crippen LogP contribution in [0.1, 0.15) is 92.9 Å². The number of Topliss-reactive ketones (excluding diaryl/α,β-unsaturated/α-hetero) is 2. The van der Waals surface area contributed by atoms with Crippen LogP contribution in [-0.2, 0) is 38.5 Å². The van der Waals surface area contributed by atoms with Gasteiger partial charge in [-0.15, -0.1) is 0 Å². The van der Waals surface area contributed by atoms with Crippen molar-refractivity contribution < 1.29 is 35.1 Å². The summed E-state index contributed by atoms with van der Waals surface area (Å²) in [7, 11) is -9.42. The average Bonchev–Trinajstić information content (AvgIpc) is 2.59. The highest BCUT2D eigenvalue weighted by Gasteiger charge is 2.49. The fraction of sp³-hybridized carbons (Fsp3) is 0.889. The van der Waals surface area contributed by atoms with Crippen LogP contribution in [0, 0.1) is 0 Å². The van der Waals surface area contributed by atoms with Crippen LogP contribution in [0.3, 0.4) is 0 Å². The summed E-state index contributed by atoms with van der Waals surface area (Å²) < 4.78 is 55.2. The van der Waals surface area contributed by atoms with Gasteiger partial charge in [-0.25, -0.2) is 0 Å². The molecule has 0 aromatic rings. The number of ketones is 2. The summed E-state index contributed by atoms with van der Waals surface area (Å²) in [6.07, 6.45) is 3.89. The molecule has 0 saturated carbocycles. The van der Waals surface area contributed by atoms with E-state index in [4.69, 9.17) is 0 Å². The zero-order chi connectivity index (χ0) is 22.2. The molecule has 0 aliphatic heterocycles. The van der Waals surface area contributed by atoms with E-state index in [-0.39, 0.29) is 12.8 Å². The molecule has 2 atom stereocenters. The monoisotopic (exact) mass is 442 g/mol. The minimum absolute atomic E-state index is 0.0254. The van der Waals surface area contributed by atoms with Gasteiger partial charge in [0.1, 0.15) is 0 Å². The molecular weight excluding hydrogens is 408 g/mol. The molecule has 0 radical (unpaired) electrons. The van der Waals surface area contributed by atoms with E-state index in [0.29, 0.717) is 25.7 Å². The molecule has 0 saturated heterocycles. The van der Waals surface area contributed by atoms with Gasteiger partial charge in [0.05, 0.1) is 0 Å². The molecular formula is C18H34O8S2. The largest absolute Gasteiger partial charge is 0.307 e. The quantitative estimate of drug-likeness (QED) is 0.215. The van der Waals surface area contributed by atoms with Gasteiger partial charge in [-0.2, -0.15) is 16.8 Å². The third-order valence-corrected chi connectivity index (χ3v) is 9.09. The number of rotatable bonds is 15. The summed E-state index contributed by atoms with van der Waals surface area (Å²) in [5, 5.41) is 0. The van der Waals surface area contributed by atoms with E-state index in [1.807, 2.05) is 13.8 Å². The molecule has 0 aromatic heterocycles. The maximum atomic E-state index is 12.6. The normalized spacial score (nSPS) is 16.9. The van der Waals surface area contributed by atoms with Crippen LogP contribution in [0.2, 0.25) is 0 Å². The number of carbonyl (C=O) groups excluding carboxylic acids is 2. The van der Waals surface area contributed by atoms with Crippen molar-refractivity contribution in [3.8, 4) is 0 Å². The fourth-order valence-electron chi connectivity index (χ4n) is 2.60. The lowest BCUT2D eigenvalue weighted by atomic mass is 9.99. The lowest BCUT2D eigenvalue weighted by Gasteiger charge is -2.27. The highest BCUT2D eigenvalue weighted by Crippen LogP contribution is 2.31. The number of hydrogen-bond donors (Lipinski definition) is 0. The standard InChI is InChI=1S/C18H34O8S2/c1-7-9-11-13-17(5,15(3)19)27(21,22)25-26-28(23,24)18(6,16(4)20)14-12-10-8-2/h7-14H2,1-6H3. The van der Waals surface area contributed by atoms with Crippen molar-refractivity contribution in [1.82, 2.24) is 0 Å². The summed E-state index contributed by atoms with van der Waals surface area (Å²) in [5.41, 5.74) is 0. The average molecular weight is 443 g/mol. The molecule has 0 spiro atoms. The minimum Gasteiger partial charge on any atom is -0.298 e. The molecule has 10 heteroatoms. The van der Waals surface area contributed by atoms with Crippen molar-refractivity contribution in [2.45, 2.75) is 102 Å². The summed E-state index contributed by atoms with van der Waals surface area (Å²) in [5.74, 6) is -1.36. The van der Waals surface area contributed by atoms with E-state index in [9.17, 15) is 26.4 Å². The van der Waals surface area contributed by atoms with Gasteiger partial charge in [0, 0.05) is 0 Å². The maximum absolute atomic E-state index is 12.6. The lowest BCUT2D eigenvalue weighted by molar-refractivity contribution is -0.125. The Morgan fingerprint density at radius 2 is 0.964 bits per heavy atom. The van der Waals surface area contributed by atoms with Gasteiger partial charge >= 0.3 is 20.2 Å². The molecule has 0 aromatic carbocycles. The smallest absolute Gasteiger partial charge is 0.298 e. The first kappa shape index (κ1) is 27.2. The van der Waals surface area contributed by atoms with Crippen molar-refractivity contribution in [3.63, 3.8) is 0 Å². The van der Waals surface area contributed by atoms with Crippen molar-refractivity contribution in [3.05, 3.63) is 0 Å². The van der Waals surface area contributed by atoms with Crippen molar-refractivity contribution in [2.75, 3.05) is 0 Å². The highest BCUT2D eigenvalue weighted by molar-refractivity contribution is 7.91. The number of unbranched alkanes of at least 4 members (excludes halogenated alkanes) is 4. The Bertz CT molecular complexity index is 678. The first-order valence-electron chi connectivity index (χ1n) is 9.60. The van der Waals surface area contributed by atoms with Gasteiger partial charge in [-0.3, -0.25) is 9.59 Å². The predicted octanol–water partition coefficient (Wildman–Crippen LogP) is 3.45. The van der Waals surface area contributed by atoms with Crippen LogP contribution in [0.4, 0.5) is 0 Å². The molecule has 166 valence electrons. The van der Waals surface area contributed by atoms with Crippen molar-refractivity contribution in [2.24, 2.45) is 0 Å². The van der Waals surface area contributed by atoms with Crippen LogP contribution in [0.15, 0.2) is 0 Å². The Morgan fingerprint density at radius 3 is 1.18 bits per heavy atom. The Labute approximate surface area is 169 Å². The summed E-state index contributed by atoms with van der Waals surface area (Å²) in [4.78, 5) is 24.0. The molecule has 8 nitrogen and oxygen atoms in total. The van der Waals surface area contributed by atoms with E-state index >= 15 is 0 Å². The van der Waals surface area contributed by atoms with Gasteiger partial charge in [0.2, 0.25) is 0 Å². The van der Waals surface area contributed by atoms with E-state index in [2.05, 4.69) is 8.67 Å². The zero-order valence-electron chi connectivity index (χ0n) is 17.7. The summed E-state index contributed by atoms with van der Waals surface area (Å²) in [6.45, 7) is 8.42. The van der Waals surface area contributed by atoms with Gasteiger partial charge in [-0.05, 0) is 40.5 Å². The Hall–Kier alpha value is -0.840. The second-order valence-corrected chi connectivity index (χ2v) is 11.4. The van der Waals surface area contributed by atoms with Crippen LogP contribution < -0.4 is 0 Å². The second-order valence-electron chi connectivity index (χ2n) is 7.53. The van der Waals surface area contributed by atoms with E-state index in [1.165, 1.54) is 13.8 Å². The molecule has 0 heterocycles. The Balaban J connectivity index is 5.58. The summed E-state index contributed by atoms with van der Waals surface area (Å²) in [6, 6.07) is 0. The number of hydrogen-bond acceptors (Lipinski definition) is 8. The maximum Gasteiger partial charge on any atom is 0.307 e. The van der Waals surface area contributed by atoms with Gasteiger partial charge in [0.25, 0.3) is 0 Å². The van der Waals surface area contributed by atoms with Gasteiger partial charge in [0.15, 0.2) is 21.1 Å². The van der Waals surface area contributed by atoms with Crippen LogP contribution in [0.5, 0.6) is 0 Å². The molecule has 0 aliphatic rings. The highest BCUT2D eigenvalue weighted by atomic mass is 32.2. The molecule has 0 fully saturated rings. The number of carbonyl (C=O) groups is 2.